The fourth-order valence-corrected chi connectivity index (χ4v) is 4.29. The lowest BCUT2D eigenvalue weighted by Gasteiger charge is -2.14. The molecule has 144 valence electrons. The molecule has 1 amide bonds. The highest BCUT2D eigenvalue weighted by Crippen LogP contribution is 2.54. The molecule has 1 aliphatic rings. The van der Waals surface area contributed by atoms with Gasteiger partial charge in [0.1, 0.15) is 5.82 Å². The zero-order chi connectivity index (χ0) is 19.5. The first-order valence-corrected chi connectivity index (χ1v) is 10.5. The van der Waals surface area contributed by atoms with Crippen LogP contribution in [0.2, 0.25) is 0 Å². The zero-order valence-corrected chi connectivity index (χ0v) is 16.9. The Morgan fingerprint density at radius 2 is 1.79 bits per heavy atom. The van der Waals surface area contributed by atoms with Crippen molar-refractivity contribution in [2.24, 2.45) is 7.05 Å². The van der Waals surface area contributed by atoms with Gasteiger partial charge >= 0.3 is 0 Å². The number of nitrogens with zero attached hydrogens (tertiary/aromatic N) is 3. The Bertz CT molecular complexity index is 942. The second-order valence-corrected chi connectivity index (χ2v) is 8.19. The van der Waals surface area contributed by atoms with E-state index in [1.54, 1.807) is 0 Å². The van der Waals surface area contributed by atoms with Crippen molar-refractivity contribution in [1.82, 2.24) is 20.1 Å². The fourth-order valence-electron chi connectivity index (χ4n) is 3.56. The molecule has 2 aromatic carbocycles. The van der Waals surface area contributed by atoms with Gasteiger partial charge in [0.05, 0.1) is 11.8 Å². The molecule has 1 aromatic heterocycles. The second-order valence-electron chi connectivity index (χ2n) is 7.25. The van der Waals surface area contributed by atoms with Gasteiger partial charge in [-0.25, -0.2) is 0 Å². The highest BCUT2D eigenvalue weighted by molar-refractivity contribution is 7.99. The summed E-state index contributed by atoms with van der Waals surface area (Å²) >= 11 is 1.43. The minimum absolute atomic E-state index is 0.000475. The summed E-state index contributed by atoms with van der Waals surface area (Å²) in [4.78, 5) is 12.3. The van der Waals surface area contributed by atoms with E-state index in [-0.39, 0.29) is 11.9 Å². The van der Waals surface area contributed by atoms with Crippen LogP contribution in [0.25, 0.3) is 0 Å². The fraction of sp³-hybridized carbons (Fsp3) is 0.318. The smallest absolute Gasteiger partial charge is 0.230 e. The van der Waals surface area contributed by atoms with Gasteiger partial charge in [-0.3, -0.25) is 4.79 Å². The summed E-state index contributed by atoms with van der Waals surface area (Å²) in [6.45, 7) is 2.00. The van der Waals surface area contributed by atoms with Gasteiger partial charge in [-0.2, -0.15) is 0 Å². The summed E-state index contributed by atoms with van der Waals surface area (Å²) in [5, 5.41) is 12.5. The van der Waals surface area contributed by atoms with Crippen LogP contribution in [-0.4, -0.2) is 26.4 Å². The van der Waals surface area contributed by atoms with E-state index in [1.165, 1.54) is 17.3 Å². The first-order chi connectivity index (χ1) is 13.6. The third-order valence-electron chi connectivity index (χ3n) is 5.23. The average Bonchev–Trinajstić information content (AvgIpc) is 3.44. The SMILES string of the molecule is CC(NC(=O)CSc1nnc(C2CC2c2ccccc2)n1C)c1ccccc1. The van der Waals surface area contributed by atoms with Crippen LogP contribution >= 0.6 is 11.8 Å². The molecule has 28 heavy (non-hydrogen) atoms. The molecule has 4 rings (SSSR count). The van der Waals surface area contributed by atoms with E-state index in [1.807, 2.05) is 54.9 Å². The summed E-state index contributed by atoms with van der Waals surface area (Å²) in [6.07, 6.45) is 1.11. The van der Waals surface area contributed by atoms with Gasteiger partial charge in [0.25, 0.3) is 0 Å². The third-order valence-corrected chi connectivity index (χ3v) is 6.25. The van der Waals surface area contributed by atoms with E-state index in [4.69, 9.17) is 0 Å². The zero-order valence-electron chi connectivity index (χ0n) is 16.1. The van der Waals surface area contributed by atoms with Crippen molar-refractivity contribution in [1.29, 1.82) is 0 Å². The van der Waals surface area contributed by atoms with E-state index < -0.39 is 0 Å². The van der Waals surface area contributed by atoms with Crippen molar-refractivity contribution >= 4 is 17.7 Å². The molecule has 3 aromatic rings. The number of carbonyl (C=O) groups is 1. The minimum Gasteiger partial charge on any atom is -0.349 e. The molecule has 0 saturated heterocycles. The Labute approximate surface area is 169 Å². The summed E-state index contributed by atoms with van der Waals surface area (Å²) in [5.74, 6) is 2.28. The average molecular weight is 393 g/mol. The Morgan fingerprint density at radius 3 is 2.50 bits per heavy atom. The lowest BCUT2D eigenvalue weighted by atomic mass is 10.1. The quantitative estimate of drug-likeness (QED) is 0.616. The van der Waals surface area contributed by atoms with E-state index in [2.05, 4.69) is 39.8 Å². The van der Waals surface area contributed by atoms with Crippen molar-refractivity contribution in [3.8, 4) is 0 Å². The highest BCUT2D eigenvalue weighted by atomic mass is 32.2. The van der Waals surface area contributed by atoms with E-state index in [0.717, 1.165) is 23.0 Å². The first-order valence-electron chi connectivity index (χ1n) is 9.55. The topological polar surface area (TPSA) is 59.8 Å². The van der Waals surface area contributed by atoms with Crippen LogP contribution in [-0.2, 0) is 11.8 Å². The second kappa shape index (κ2) is 8.19. The van der Waals surface area contributed by atoms with Crippen LogP contribution < -0.4 is 5.32 Å². The van der Waals surface area contributed by atoms with Crippen molar-refractivity contribution in [3.63, 3.8) is 0 Å². The predicted octanol–water partition coefficient (Wildman–Crippen LogP) is 4.06. The summed E-state index contributed by atoms with van der Waals surface area (Å²) in [7, 11) is 1.99. The molecular formula is C22H24N4OS. The molecule has 3 atom stereocenters. The number of aromatic nitrogens is 3. The molecule has 3 unspecified atom stereocenters. The maximum Gasteiger partial charge on any atom is 0.230 e. The van der Waals surface area contributed by atoms with Crippen LogP contribution in [0.15, 0.2) is 65.8 Å². The van der Waals surface area contributed by atoms with Crippen molar-refractivity contribution in [3.05, 3.63) is 77.6 Å². The Balaban J connectivity index is 1.32. The standard InChI is InChI=1S/C22H24N4OS/c1-15(16-9-5-3-6-10-16)23-20(27)14-28-22-25-24-21(26(22)2)19-13-18(19)17-11-7-4-8-12-17/h3-12,15,18-19H,13-14H2,1-2H3,(H,23,27). The van der Waals surface area contributed by atoms with Crippen LogP contribution in [0.1, 0.15) is 48.2 Å². The molecule has 0 aliphatic heterocycles. The monoisotopic (exact) mass is 392 g/mol. The number of thioether (sulfide) groups is 1. The van der Waals surface area contributed by atoms with Crippen molar-refractivity contribution in [2.75, 3.05) is 5.75 Å². The maximum absolute atomic E-state index is 12.3. The Morgan fingerprint density at radius 1 is 1.11 bits per heavy atom. The van der Waals surface area contributed by atoms with Gasteiger partial charge < -0.3 is 9.88 Å². The van der Waals surface area contributed by atoms with Gasteiger partial charge in [-0.05, 0) is 30.4 Å². The normalized spacial score (nSPS) is 19.2. The molecule has 6 heteroatoms. The molecule has 1 aliphatic carbocycles. The largest absolute Gasteiger partial charge is 0.349 e. The minimum atomic E-state index is -0.0116. The number of hydrogen-bond acceptors (Lipinski definition) is 4. The Hall–Kier alpha value is -2.60. The van der Waals surface area contributed by atoms with E-state index in [9.17, 15) is 4.79 Å². The molecule has 0 bridgehead atoms. The molecule has 5 nitrogen and oxygen atoms in total. The molecule has 1 N–H and O–H groups in total. The van der Waals surface area contributed by atoms with Crippen molar-refractivity contribution in [2.45, 2.75) is 36.4 Å². The molecule has 1 heterocycles. The molecular weight excluding hydrogens is 368 g/mol. The molecule has 1 saturated carbocycles. The summed E-state index contributed by atoms with van der Waals surface area (Å²) in [6, 6.07) is 20.5. The van der Waals surface area contributed by atoms with Crippen LogP contribution in [0.3, 0.4) is 0 Å². The third kappa shape index (κ3) is 4.12. The number of nitrogens with one attached hydrogen (secondary N) is 1. The Kier molecular flexibility index (Phi) is 5.48. The van der Waals surface area contributed by atoms with E-state index in [0.29, 0.717) is 17.6 Å². The maximum atomic E-state index is 12.3. The van der Waals surface area contributed by atoms with Gasteiger partial charge in [-0.15, -0.1) is 10.2 Å². The number of amides is 1. The number of hydrogen-bond donors (Lipinski definition) is 1. The van der Waals surface area contributed by atoms with Gasteiger partial charge in [0.2, 0.25) is 5.91 Å². The highest BCUT2D eigenvalue weighted by Gasteiger charge is 2.42. The number of carbonyl (C=O) groups excluding carboxylic acids is 1. The summed E-state index contributed by atoms with van der Waals surface area (Å²) in [5.41, 5.74) is 2.46. The lowest BCUT2D eigenvalue weighted by Crippen LogP contribution is -2.28. The van der Waals surface area contributed by atoms with E-state index >= 15 is 0 Å². The van der Waals surface area contributed by atoms with Gasteiger partial charge in [0, 0.05) is 13.0 Å². The molecule has 1 fully saturated rings. The van der Waals surface area contributed by atoms with Crippen LogP contribution in [0, 0.1) is 0 Å². The number of rotatable bonds is 7. The van der Waals surface area contributed by atoms with Crippen LogP contribution in [0.4, 0.5) is 0 Å². The number of benzene rings is 2. The van der Waals surface area contributed by atoms with Gasteiger partial charge in [0.15, 0.2) is 5.16 Å². The molecule has 0 spiro atoms. The first kappa shape index (κ1) is 18.7. The lowest BCUT2D eigenvalue weighted by molar-refractivity contribution is -0.119. The van der Waals surface area contributed by atoms with Crippen molar-refractivity contribution < 1.29 is 4.79 Å². The van der Waals surface area contributed by atoms with Gasteiger partial charge in [-0.1, -0.05) is 72.4 Å². The summed E-state index contributed by atoms with van der Waals surface area (Å²) < 4.78 is 2.03. The molecule has 0 radical (unpaired) electrons. The van der Waals surface area contributed by atoms with Crippen LogP contribution in [0.5, 0.6) is 0 Å². The predicted molar refractivity (Wildman–Crippen MR) is 111 cm³/mol.